The van der Waals surface area contributed by atoms with Crippen molar-refractivity contribution >= 4 is 23.7 Å². The first-order valence-corrected chi connectivity index (χ1v) is 14.1. The van der Waals surface area contributed by atoms with Gasteiger partial charge in [0.2, 0.25) is 5.91 Å². The largest absolute Gasteiger partial charge is 0.386 e. The third-order valence-corrected chi connectivity index (χ3v) is 9.40. The molecule has 8 N–H and O–H groups in total. The van der Waals surface area contributed by atoms with E-state index in [2.05, 4.69) is 36.1 Å². The summed E-state index contributed by atoms with van der Waals surface area (Å²) >= 11 is 0. The van der Waals surface area contributed by atoms with Crippen LogP contribution in [0.1, 0.15) is 61.1 Å². The molecule has 1 aromatic heterocycles. The van der Waals surface area contributed by atoms with Crippen LogP contribution in [-0.4, -0.2) is 86.9 Å². The van der Waals surface area contributed by atoms with Gasteiger partial charge in [0.05, 0.1) is 17.8 Å². The Kier molecular flexibility index (Phi) is 6.56. The maximum absolute atomic E-state index is 13.6. The molecule has 1 spiro atoms. The Balaban J connectivity index is 1.18. The highest BCUT2D eigenvalue weighted by atomic mass is 16.3. The molecule has 6 rings (SSSR count). The molecule has 2 aliphatic carbocycles. The molecule has 2 amide bonds. The van der Waals surface area contributed by atoms with Crippen LogP contribution in [0.5, 0.6) is 0 Å². The van der Waals surface area contributed by atoms with Gasteiger partial charge in [-0.3, -0.25) is 9.59 Å². The lowest BCUT2D eigenvalue weighted by Crippen LogP contribution is -2.73. The molecular formula is C26H38N10O3. The van der Waals surface area contributed by atoms with E-state index in [1.165, 1.54) is 25.7 Å². The van der Waals surface area contributed by atoms with Gasteiger partial charge in [-0.15, -0.1) is 5.10 Å². The fourth-order valence-corrected chi connectivity index (χ4v) is 7.57. The Labute approximate surface area is 227 Å². The lowest BCUT2D eigenvalue weighted by atomic mass is 9.65. The van der Waals surface area contributed by atoms with E-state index in [0.29, 0.717) is 17.5 Å². The first-order chi connectivity index (χ1) is 18.8. The first-order valence-electron chi connectivity index (χ1n) is 14.1. The summed E-state index contributed by atoms with van der Waals surface area (Å²) in [5, 5.41) is 28.7. The average molecular weight is 539 g/mol. The van der Waals surface area contributed by atoms with Gasteiger partial charge >= 0.3 is 0 Å². The fraction of sp³-hybridized carbons (Fsp3) is 0.692. The molecule has 13 nitrogen and oxygen atoms in total. The van der Waals surface area contributed by atoms with Crippen LogP contribution in [0.2, 0.25) is 0 Å². The number of carbonyl (C=O) groups excluding carboxylic acids is 2. The second-order valence-electron chi connectivity index (χ2n) is 11.7. The number of hydrogen-bond donors (Lipinski definition) is 6. The van der Waals surface area contributed by atoms with Crippen molar-refractivity contribution in [1.82, 2.24) is 31.0 Å². The van der Waals surface area contributed by atoms with E-state index in [0.717, 1.165) is 19.3 Å². The highest BCUT2D eigenvalue weighted by Crippen LogP contribution is 2.44. The second kappa shape index (κ2) is 9.92. The molecule has 0 radical (unpaired) electrons. The molecule has 6 unspecified atom stereocenters. The maximum Gasteiger partial charge on any atom is 0.271 e. The second-order valence-corrected chi connectivity index (χ2v) is 11.7. The zero-order valence-electron chi connectivity index (χ0n) is 22.2. The number of amides is 2. The van der Waals surface area contributed by atoms with Crippen molar-refractivity contribution in [2.24, 2.45) is 39.2 Å². The summed E-state index contributed by atoms with van der Waals surface area (Å²) in [5.41, 5.74) is 12.3. The van der Waals surface area contributed by atoms with E-state index in [9.17, 15) is 14.7 Å². The average Bonchev–Trinajstić information content (AvgIpc) is 3.43. The molecule has 2 saturated carbocycles. The standard InChI is InChI=1S/C26H38N10O3/c1-13-9-10-17(35-34-13)23(39)29-11-18-20-26(33-24(27)32-20)21(37)19(12-36(26)25(28)31-18)30-22(38)16-8-4-6-14-5-2-3-7-15(14)16/h9-10,14-16,18-21,37H,2-8,11-12H2,1H3,(H2,28,31)(H,29,39)(H,30,38)(H3,27,32,33)/t14?,15?,16?,18-,19?,20?,21+,26?/m0/s1. The Morgan fingerprint density at radius 3 is 2.72 bits per heavy atom. The van der Waals surface area contributed by atoms with Crippen LogP contribution in [0.15, 0.2) is 22.1 Å². The van der Waals surface area contributed by atoms with Crippen LogP contribution < -0.4 is 27.4 Å². The molecule has 210 valence electrons. The van der Waals surface area contributed by atoms with Gasteiger partial charge < -0.3 is 37.4 Å². The Hall–Kier alpha value is -3.48. The number of guanidine groups is 2. The van der Waals surface area contributed by atoms with E-state index in [1.54, 1.807) is 24.0 Å². The number of aliphatic hydroxyl groups excluding tert-OH is 1. The summed E-state index contributed by atoms with van der Waals surface area (Å²) in [7, 11) is 0. The van der Waals surface area contributed by atoms with Crippen molar-refractivity contribution in [3.05, 3.63) is 23.5 Å². The van der Waals surface area contributed by atoms with Gasteiger partial charge in [0.1, 0.15) is 12.1 Å². The molecule has 1 saturated heterocycles. The number of fused-ring (bicyclic) bond motifs is 1. The van der Waals surface area contributed by atoms with Crippen LogP contribution >= 0.6 is 0 Å². The number of aryl methyl sites for hydroxylation is 1. The number of aromatic nitrogens is 2. The molecule has 13 heteroatoms. The number of nitrogens with one attached hydrogen (secondary N) is 3. The summed E-state index contributed by atoms with van der Waals surface area (Å²) in [4.78, 5) is 37.2. The van der Waals surface area contributed by atoms with Gasteiger partial charge in [0.15, 0.2) is 23.3 Å². The molecule has 5 aliphatic rings. The van der Waals surface area contributed by atoms with Crippen molar-refractivity contribution in [2.75, 3.05) is 13.1 Å². The number of carbonyl (C=O) groups is 2. The van der Waals surface area contributed by atoms with Gasteiger partial charge in [-0.2, -0.15) is 5.10 Å². The first kappa shape index (κ1) is 25.8. The smallest absolute Gasteiger partial charge is 0.271 e. The SMILES string of the molecule is Cc1ccc(C(=O)NC[C@@H]2N=C(N)N3CC(NC(=O)C4CCCC5CCCCC54)[C@@H](O)C34NC(N)=NC24)nn1. The number of aliphatic imine (C=N–C) groups is 2. The van der Waals surface area contributed by atoms with Gasteiger partial charge in [-0.25, -0.2) is 9.98 Å². The van der Waals surface area contributed by atoms with Gasteiger partial charge in [0.25, 0.3) is 5.91 Å². The lowest BCUT2D eigenvalue weighted by molar-refractivity contribution is -0.131. The minimum Gasteiger partial charge on any atom is -0.386 e. The predicted molar refractivity (Wildman–Crippen MR) is 143 cm³/mol. The van der Waals surface area contributed by atoms with Crippen molar-refractivity contribution in [3.8, 4) is 0 Å². The van der Waals surface area contributed by atoms with E-state index >= 15 is 0 Å². The van der Waals surface area contributed by atoms with Crippen LogP contribution in [0.3, 0.4) is 0 Å². The molecule has 4 heterocycles. The van der Waals surface area contributed by atoms with Gasteiger partial charge in [-0.1, -0.05) is 32.1 Å². The third kappa shape index (κ3) is 4.36. The maximum atomic E-state index is 13.6. The van der Waals surface area contributed by atoms with Crippen molar-refractivity contribution in [2.45, 2.75) is 81.8 Å². The quantitative estimate of drug-likeness (QED) is 0.271. The summed E-state index contributed by atoms with van der Waals surface area (Å²) in [6.07, 6.45) is 6.84. The van der Waals surface area contributed by atoms with E-state index in [-0.39, 0.29) is 42.5 Å². The van der Waals surface area contributed by atoms with Gasteiger partial charge in [0, 0.05) is 19.0 Å². The highest BCUT2D eigenvalue weighted by Gasteiger charge is 2.65. The van der Waals surface area contributed by atoms with Crippen LogP contribution in [0.4, 0.5) is 0 Å². The van der Waals surface area contributed by atoms with Crippen molar-refractivity contribution < 1.29 is 14.7 Å². The topological polar surface area (TPSA) is 196 Å². The summed E-state index contributed by atoms with van der Waals surface area (Å²) in [6, 6.07) is 1.50. The fourth-order valence-electron chi connectivity index (χ4n) is 7.57. The molecule has 0 bridgehead atoms. The number of rotatable bonds is 5. The van der Waals surface area contributed by atoms with E-state index in [1.807, 2.05) is 0 Å². The number of nitrogens with zero attached hydrogens (tertiary/aromatic N) is 5. The summed E-state index contributed by atoms with van der Waals surface area (Å²) in [5.74, 6) is 0.966. The molecule has 3 fully saturated rings. The lowest BCUT2D eigenvalue weighted by Gasteiger charge is -2.46. The Morgan fingerprint density at radius 2 is 1.92 bits per heavy atom. The van der Waals surface area contributed by atoms with E-state index in [4.69, 9.17) is 11.5 Å². The molecular weight excluding hydrogens is 500 g/mol. The highest BCUT2D eigenvalue weighted by molar-refractivity contribution is 5.92. The minimum absolute atomic E-state index is 0.00821. The molecule has 1 aromatic rings. The normalized spacial score (nSPS) is 37.0. The van der Waals surface area contributed by atoms with Crippen molar-refractivity contribution in [1.29, 1.82) is 0 Å². The minimum atomic E-state index is -1.17. The molecule has 3 aliphatic heterocycles. The molecule has 39 heavy (non-hydrogen) atoms. The van der Waals surface area contributed by atoms with Crippen LogP contribution in [0, 0.1) is 24.7 Å². The Bertz CT molecular complexity index is 1190. The van der Waals surface area contributed by atoms with Gasteiger partial charge in [-0.05, 0) is 43.7 Å². The summed E-state index contributed by atoms with van der Waals surface area (Å²) in [6.45, 7) is 2.16. The third-order valence-electron chi connectivity index (χ3n) is 9.40. The number of aliphatic hydroxyl groups is 1. The van der Waals surface area contributed by atoms with Crippen molar-refractivity contribution in [3.63, 3.8) is 0 Å². The van der Waals surface area contributed by atoms with Crippen LogP contribution in [0.25, 0.3) is 0 Å². The summed E-state index contributed by atoms with van der Waals surface area (Å²) < 4.78 is 0. The molecule has 0 aromatic carbocycles. The zero-order chi connectivity index (χ0) is 27.3. The number of hydrogen-bond acceptors (Lipinski definition) is 11. The molecule has 8 atom stereocenters. The Morgan fingerprint density at radius 1 is 1.13 bits per heavy atom. The van der Waals surface area contributed by atoms with Crippen LogP contribution in [-0.2, 0) is 4.79 Å². The zero-order valence-corrected chi connectivity index (χ0v) is 22.2. The predicted octanol–water partition coefficient (Wildman–Crippen LogP) is -1.04. The number of nitrogens with two attached hydrogens (primary N) is 2. The van der Waals surface area contributed by atoms with E-state index < -0.39 is 35.8 Å². The monoisotopic (exact) mass is 538 g/mol.